The molecule has 0 amide bonds. The molecule has 1 aromatic heterocycles. The third kappa shape index (κ3) is 3.25. The van der Waals surface area contributed by atoms with Gasteiger partial charge in [0.2, 0.25) is 0 Å². The Balaban J connectivity index is 1.93. The second kappa shape index (κ2) is 7.01. The molecule has 1 aliphatic rings. The van der Waals surface area contributed by atoms with E-state index in [1.54, 1.807) is 0 Å². The summed E-state index contributed by atoms with van der Waals surface area (Å²) in [5.41, 5.74) is 4.43. The normalized spacial score (nSPS) is 19.1. The Bertz CT molecular complexity index is 568. The van der Waals surface area contributed by atoms with Gasteiger partial charge in [-0.3, -0.25) is 16.3 Å². The molecular formula is C18H25N3. The van der Waals surface area contributed by atoms with Crippen molar-refractivity contribution in [2.45, 2.75) is 51.0 Å². The largest absolute Gasteiger partial charge is 0.271 e. The maximum atomic E-state index is 5.95. The Morgan fingerprint density at radius 1 is 1.05 bits per heavy atom. The molecule has 1 aromatic carbocycles. The highest BCUT2D eigenvalue weighted by Gasteiger charge is 2.24. The van der Waals surface area contributed by atoms with Gasteiger partial charge in [0.05, 0.1) is 0 Å². The average Bonchev–Trinajstić information content (AvgIpc) is 2.50. The first kappa shape index (κ1) is 14.5. The summed E-state index contributed by atoms with van der Waals surface area (Å²) in [6.45, 7) is 0. The molecule has 112 valence electrons. The first-order chi connectivity index (χ1) is 10.4. The van der Waals surface area contributed by atoms with E-state index in [9.17, 15) is 0 Å². The first-order valence-corrected chi connectivity index (χ1v) is 8.19. The number of pyridine rings is 1. The lowest BCUT2D eigenvalue weighted by atomic mass is 9.82. The van der Waals surface area contributed by atoms with Gasteiger partial charge in [-0.1, -0.05) is 50.3 Å². The van der Waals surface area contributed by atoms with E-state index in [0.29, 0.717) is 5.92 Å². The van der Waals surface area contributed by atoms with Crippen LogP contribution in [-0.4, -0.2) is 4.98 Å². The third-order valence-corrected chi connectivity index (χ3v) is 4.85. The zero-order valence-corrected chi connectivity index (χ0v) is 12.6. The van der Waals surface area contributed by atoms with Gasteiger partial charge < -0.3 is 0 Å². The Morgan fingerprint density at radius 3 is 2.57 bits per heavy atom. The Kier molecular flexibility index (Phi) is 4.84. The van der Waals surface area contributed by atoms with Gasteiger partial charge >= 0.3 is 0 Å². The van der Waals surface area contributed by atoms with Gasteiger partial charge in [0, 0.05) is 23.8 Å². The van der Waals surface area contributed by atoms with Crippen LogP contribution in [0.2, 0.25) is 0 Å². The second-order valence-corrected chi connectivity index (χ2v) is 6.19. The summed E-state index contributed by atoms with van der Waals surface area (Å²) in [6, 6.07) is 8.81. The summed E-state index contributed by atoms with van der Waals surface area (Å²) < 4.78 is 0. The van der Waals surface area contributed by atoms with Crippen molar-refractivity contribution in [1.29, 1.82) is 0 Å². The zero-order chi connectivity index (χ0) is 14.5. The molecule has 0 aliphatic heterocycles. The van der Waals surface area contributed by atoms with Crippen LogP contribution >= 0.6 is 0 Å². The minimum absolute atomic E-state index is 0.245. The van der Waals surface area contributed by atoms with E-state index in [4.69, 9.17) is 5.84 Å². The quantitative estimate of drug-likeness (QED) is 0.658. The van der Waals surface area contributed by atoms with Crippen LogP contribution in [0.25, 0.3) is 10.8 Å². The van der Waals surface area contributed by atoms with E-state index in [-0.39, 0.29) is 6.04 Å². The summed E-state index contributed by atoms with van der Waals surface area (Å²) in [6.07, 6.45) is 13.1. The minimum atomic E-state index is 0.245. The summed E-state index contributed by atoms with van der Waals surface area (Å²) in [4.78, 5) is 4.23. The fourth-order valence-electron chi connectivity index (χ4n) is 3.72. The molecule has 3 nitrogen and oxygen atoms in total. The van der Waals surface area contributed by atoms with Crippen molar-refractivity contribution in [3.8, 4) is 0 Å². The fraction of sp³-hybridized carbons (Fsp3) is 0.500. The van der Waals surface area contributed by atoms with Crippen LogP contribution in [0, 0.1) is 5.92 Å². The highest BCUT2D eigenvalue weighted by Crippen LogP contribution is 2.35. The van der Waals surface area contributed by atoms with Gasteiger partial charge in [-0.2, -0.15) is 0 Å². The van der Waals surface area contributed by atoms with Gasteiger partial charge in [0.25, 0.3) is 0 Å². The smallest absolute Gasteiger partial charge is 0.0494 e. The van der Waals surface area contributed by atoms with Crippen LogP contribution in [0.4, 0.5) is 0 Å². The highest BCUT2D eigenvalue weighted by molar-refractivity contribution is 5.85. The molecule has 0 saturated heterocycles. The number of hydrogen-bond donors (Lipinski definition) is 2. The Labute approximate surface area is 126 Å². The molecule has 1 unspecified atom stereocenters. The van der Waals surface area contributed by atoms with Gasteiger partial charge in [0.1, 0.15) is 0 Å². The predicted molar refractivity (Wildman–Crippen MR) is 87.6 cm³/mol. The molecule has 3 N–H and O–H groups in total. The van der Waals surface area contributed by atoms with Crippen LogP contribution in [0.15, 0.2) is 36.7 Å². The lowest BCUT2D eigenvalue weighted by Gasteiger charge is -2.29. The van der Waals surface area contributed by atoms with Gasteiger partial charge in [-0.25, -0.2) is 0 Å². The van der Waals surface area contributed by atoms with E-state index >= 15 is 0 Å². The molecule has 3 rings (SSSR count). The van der Waals surface area contributed by atoms with Crippen LogP contribution in [-0.2, 0) is 0 Å². The standard InChI is InChI=1S/C18H25N3/c19-21-18(14-7-4-2-1-3-5-8-14)17-10-6-9-15-13-20-12-11-16(15)17/h6,9-14,18,21H,1-5,7-8,19H2. The molecule has 3 heteroatoms. The number of aromatic nitrogens is 1. The first-order valence-electron chi connectivity index (χ1n) is 8.19. The van der Waals surface area contributed by atoms with Crippen molar-refractivity contribution >= 4 is 10.8 Å². The lowest BCUT2D eigenvalue weighted by molar-refractivity contribution is 0.292. The number of nitrogens with one attached hydrogen (secondary N) is 1. The Morgan fingerprint density at radius 2 is 1.81 bits per heavy atom. The van der Waals surface area contributed by atoms with E-state index < -0.39 is 0 Å². The molecule has 1 heterocycles. The van der Waals surface area contributed by atoms with Crippen molar-refractivity contribution in [3.63, 3.8) is 0 Å². The SMILES string of the molecule is NNC(c1cccc2cnccc12)C1CCCCCCC1. The van der Waals surface area contributed by atoms with E-state index in [1.165, 1.54) is 61.3 Å². The molecule has 2 aromatic rings. The van der Waals surface area contributed by atoms with Gasteiger partial charge in [0.15, 0.2) is 0 Å². The van der Waals surface area contributed by atoms with Crippen molar-refractivity contribution in [2.24, 2.45) is 11.8 Å². The highest BCUT2D eigenvalue weighted by atomic mass is 15.2. The zero-order valence-electron chi connectivity index (χ0n) is 12.6. The summed E-state index contributed by atoms with van der Waals surface area (Å²) in [5, 5.41) is 2.47. The molecule has 1 saturated carbocycles. The number of benzene rings is 1. The summed E-state index contributed by atoms with van der Waals surface area (Å²) >= 11 is 0. The van der Waals surface area contributed by atoms with E-state index in [1.807, 2.05) is 12.4 Å². The van der Waals surface area contributed by atoms with Crippen molar-refractivity contribution < 1.29 is 0 Å². The number of hydrazine groups is 1. The van der Waals surface area contributed by atoms with E-state index in [0.717, 1.165) is 0 Å². The minimum Gasteiger partial charge on any atom is -0.271 e. The Hall–Kier alpha value is -1.45. The number of rotatable bonds is 3. The topological polar surface area (TPSA) is 50.9 Å². The summed E-state index contributed by atoms with van der Waals surface area (Å²) in [5.74, 6) is 6.58. The maximum absolute atomic E-state index is 5.95. The maximum Gasteiger partial charge on any atom is 0.0494 e. The monoisotopic (exact) mass is 283 g/mol. The number of nitrogens with zero attached hydrogens (tertiary/aromatic N) is 1. The predicted octanol–water partition coefficient (Wildman–Crippen LogP) is 4.10. The van der Waals surface area contributed by atoms with E-state index in [2.05, 4.69) is 34.7 Å². The van der Waals surface area contributed by atoms with Crippen LogP contribution in [0.5, 0.6) is 0 Å². The van der Waals surface area contributed by atoms with Crippen molar-refractivity contribution in [2.75, 3.05) is 0 Å². The van der Waals surface area contributed by atoms with Crippen molar-refractivity contribution in [1.82, 2.24) is 10.4 Å². The van der Waals surface area contributed by atoms with Gasteiger partial charge in [-0.15, -0.1) is 0 Å². The lowest BCUT2D eigenvalue weighted by Crippen LogP contribution is -2.34. The summed E-state index contributed by atoms with van der Waals surface area (Å²) in [7, 11) is 0. The van der Waals surface area contributed by atoms with Gasteiger partial charge in [-0.05, 0) is 35.8 Å². The molecule has 1 fully saturated rings. The third-order valence-electron chi connectivity index (χ3n) is 4.85. The molecule has 0 spiro atoms. The molecule has 0 radical (unpaired) electrons. The number of nitrogens with two attached hydrogens (primary N) is 1. The fourth-order valence-corrected chi connectivity index (χ4v) is 3.72. The number of fused-ring (bicyclic) bond motifs is 1. The molecule has 0 bridgehead atoms. The van der Waals surface area contributed by atoms with Crippen LogP contribution < -0.4 is 11.3 Å². The molecule has 1 atom stereocenters. The van der Waals surface area contributed by atoms with Crippen molar-refractivity contribution in [3.05, 3.63) is 42.2 Å². The molecular weight excluding hydrogens is 258 g/mol. The second-order valence-electron chi connectivity index (χ2n) is 6.19. The number of hydrogen-bond acceptors (Lipinski definition) is 3. The van der Waals surface area contributed by atoms with Crippen LogP contribution in [0.1, 0.15) is 56.6 Å². The average molecular weight is 283 g/mol. The molecule has 21 heavy (non-hydrogen) atoms. The molecule has 1 aliphatic carbocycles. The van der Waals surface area contributed by atoms with Crippen LogP contribution in [0.3, 0.4) is 0 Å².